The van der Waals surface area contributed by atoms with Crippen LogP contribution in [0.4, 0.5) is 0 Å². The van der Waals surface area contributed by atoms with Crippen LogP contribution in [0.25, 0.3) is 0 Å². The zero-order valence-electron chi connectivity index (χ0n) is 12.1. The largest absolute Gasteiger partial charge is 0.372 e. The number of piperidine rings is 1. The molecule has 1 unspecified atom stereocenters. The number of rotatable bonds is 5. The van der Waals surface area contributed by atoms with Crippen LogP contribution >= 0.6 is 0 Å². The summed E-state index contributed by atoms with van der Waals surface area (Å²) in [5, 5.41) is 7.30. The van der Waals surface area contributed by atoms with Gasteiger partial charge in [-0.05, 0) is 32.4 Å². The number of ether oxygens (including phenoxy) is 2. The van der Waals surface area contributed by atoms with Crippen molar-refractivity contribution in [1.29, 1.82) is 0 Å². The van der Waals surface area contributed by atoms with E-state index in [4.69, 9.17) is 14.0 Å². The number of nitrogens with one attached hydrogen (secondary N) is 1. The first-order chi connectivity index (χ1) is 9.80. The van der Waals surface area contributed by atoms with Gasteiger partial charge in [0.05, 0.1) is 18.3 Å². The predicted molar refractivity (Wildman–Crippen MR) is 72.3 cm³/mol. The molecule has 1 spiro atoms. The quantitative estimate of drug-likeness (QED) is 0.881. The molecule has 0 aliphatic carbocycles. The average molecular weight is 281 g/mol. The van der Waals surface area contributed by atoms with Gasteiger partial charge in [-0.3, -0.25) is 0 Å². The van der Waals surface area contributed by atoms with E-state index in [1.807, 2.05) is 0 Å². The average Bonchev–Trinajstić information content (AvgIpc) is 3.06. The Bertz CT molecular complexity index is 429. The second-order valence-corrected chi connectivity index (χ2v) is 5.74. The van der Waals surface area contributed by atoms with Gasteiger partial charge in [-0.15, -0.1) is 0 Å². The first-order valence-electron chi connectivity index (χ1n) is 7.57. The van der Waals surface area contributed by atoms with Crippen molar-refractivity contribution < 1.29 is 14.0 Å². The molecule has 0 amide bonds. The maximum atomic E-state index is 5.99. The lowest BCUT2D eigenvalue weighted by Gasteiger charge is -2.32. The highest BCUT2D eigenvalue weighted by molar-refractivity contribution is 4.93. The Morgan fingerprint density at radius 1 is 1.40 bits per heavy atom. The van der Waals surface area contributed by atoms with Crippen LogP contribution in [0.3, 0.4) is 0 Å². The van der Waals surface area contributed by atoms with Crippen molar-refractivity contribution in [3.8, 4) is 0 Å². The first kappa shape index (κ1) is 14.0. The van der Waals surface area contributed by atoms with Crippen LogP contribution in [0, 0.1) is 0 Å². The van der Waals surface area contributed by atoms with E-state index in [0.717, 1.165) is 51.0 Å². The first-order valence-corrected chi connectivity index (χ1v) is 7.57. The second-order valence-electron chi connectivity index (χ2n) is 5.74. The van der Waals surface area contributed by atoms with E-state index in [9.17, 15) is 0 Å². The molecule has 20 heavy (non-hydrogen) atoms. The molecule has 2 fully saturated rings. The fraction of sp³-hybridized carbons (Fsp3) is 0.857. The van der Waals surface area contributed by atoms with Crippen LogP contribution in [0.1, 0.15) is 44.3 Å². The number of aryl methyl sites for hydroxylation is 1. The van der Waals surface area contributed by atoms with Gasteiger partial charge in [0, 0.05) is 12.8 Å². The van der Waals surface area contributed by atoms with Crippen molar-refractivity contribution in [2.75, 3.05) is 19.7 Å². The molecule has 1 aromatic heterocycles. The summed E-state index contributed by atoms with van der Waals surface area (Å²) in [6.45, 7) is 5.24. The maximum Gasteiger partial charge on any atom is 0.252 e. The predicted octanol–water partition coefficient (Wildman–Crippen LogP) is 1.45. The van der Waals surface area contributed by atoms with Crippen LogP contribution in [0.15, 0.2) is 4.52 Å². The zero-order valence-corrected chi connectivity index (χ0v) is 12.1. The summed E-state index contributed by atoms with van der Waals surface area (Å²) in [5.74, 6) is 1.34. The lowest BCUT2D eigenvalue weighted by atomic mass is 9.89. The van der Waals surface area contributed by atoms with Gasteiger partial charge in [0.1, 0.15) is 6.61 Å². The van der Waals surface area contributed by atoms with E-state index in [-0.39, 0.29) is 11.7 Å². The summed E-state index contributed by atoms with van der Waals surface area (Å²) >= 11 is 0. The summed E-state index contributed by atoms with van der Waals surface area (Å²) in [6.07, 6.45) is 5.15. The Kier molecular flexibility index (Phi) is 4.33. The molecule has 3 rings (SSSR count). The van der Waals surface area contributed by atoms with E-state index in [2.05, 4.69) is 22.4 Å². The molecule has 0 bridgehead atoms. The van der Waals surface area contributed by atoms with E-state index >= 15 is 0 Å². The minimum absolute atomic E-state index is 0.0398. The van der Waals surface area contributed by atoms with Gasteiger partial charge < -0.3 is 19.3 Å². The molecule has 1 aromatic rings. The van der Waals surface area contributed by atoms with E-state index in [1.54, 1.807) is 0 Å². The Labute approximate surface area is 119 Å². The summed E-state index contributed by atoms with van der Waals surface area (Å²) in [4.78, 5) is 4.31. The summed E-state index contributed by atoms with van der Waals surface area (Å²) < 4.78 is 17.0. The maximum absolute atomic E-state index is 5.99. The number of hydrogen-bond donors (Lipinski definition) is 1. The lowest BCUT2D eigenvalue weighted by molar-refractivity contribution is -0.0250. The number of hydrogen-bond acceptors (Lipinski definition) is 6. The van der Waals surface area contributed by atoms with Crippen molar-refractivity contribution in [2.45, 2.75) is 57.3 Å². The molecule has 1 atom stereocenters. The van der Waals surface area contributed by atoms with Crippen LogP contribution in [-0.2, 0) is 22.5 Å². The monoisotopic (exact) mass is 281 g/mol. The van der Waals surface area contributed by atoms with Crippen molar-refractivity contribution in [1.82, 2.24) is 15.5 Å². The molecular formula is C14H23N3O3. The topological polar surface area (TPSA) is 69.4 Å². The third kappa shape index (κ3) is 3.19. The molecule has 112 valence electrons. The Balaban J connectivity index is 1.47. The van der Waals surface area contributed by atoms with Crippen molar-refractivity contribution in [2.24, 2.45) is 0 Å². The van der Waals surface area contributed by atoms with Gasteiger partial charge >= 0.3 is 0 Å². The molecule has 0 radical (unpaired) electrons. The van der Waals surface area contributed by atoms with Crippen molar-refractivity contribution in [3.05, 3.63) is 11.7 Å². The molecule has 6 nitrogen and oxygen atoms in total. The SMILES string of the molecule is CCCc1noc(COC2COC3(CCNCC3)C2)n1. The Morgan fingerprint density at radius 2 is 2.25 bits per heavy atom. The van der Waals surface area contributed by atoms with Crippen LogP contribution in [0.5, 0.6) is 0 Å². The third-order valence-corrected chi connectivity index (χ3v) is 4.12. The molecule has 0 aromatic carbocycles. The zero-order chi connectivity index (χ0) is 13.8. The fourth-order valence-corrected chi connectivity index (χ4v) is 3.00. The highest BCUT2D eigenvalue weighted by Gasteiger charge is 2.41. The van der Waals surface area contributed by atoms with Gasteiger partial charge in [-0.25, -0.2) is 0 Å². The fourth-order valence-electron chi connectivity index (χ4n) is 3.00. The third-order valence-electron chi connectivity index (χ3n) is 4.12. The standard InChI is InChI=1S/C14H23N3O3/c1-2-3-12-16-13(20-17-12)10-18-11-8-14(19-9-11)4-6-15-7-5-14/h11,15H,2-10H2,1H3. The highest BCUT2D eigenvalue weighted by Crippen LogP contribution is 2.35. The van der Waals surface area contributed by atoms with Gasteiger partial charge in [-0.1, -0.05) is 12.1 Å². The molecule has 2 saturated heterocycles. The minimum Gasteiger partial charge on any atom is -0.372 e. The number of nitrogens with zero attached hydrogens (tertiary/aromatic N) is 2. The molecule has 1 N–H and O–H groups in total. The number of aromatic nitrogens is 2. The molecular weight excluding hydrogens is 258 g/mol. The van der Waals surface area contributed by atoms with Gasteiger partial charge in [0.25, 0.3) is 5.89 Å². The van der Waals surface area contributed by atoms with E-state index in [1.165, 1.54) is 0 Å². The molecule has 0 saturated carbocycles. The molecule has 2 aliphatic heterocycles. The molecule has 6 heteroatoms. The van der Waals surface area contributed by atoms with Crippen LogP contribution in [-0.4, -0.2) is 41.5 Å². The van der Waals surface area contributed by atoms with Gasteiger partial charge in [-0.2, -0.15) is 4.98 Å². The van der Waals surface area contributed by atoms with Gasteiger partial charge in [0.2, 0.25) is 0 Å². The second kappa shape index (κ2) is 6.20. The summed E-state index contributed by atoms with van der Waals surface area (Å²) in [6, 6.07) is 0. The minimum atomic E-state index is 0.0398. The lowest BCUT2D eigenvalue weighted by Crippen LogP contribution is -2.41. The summed E-state index contributed by atoms with van der Waals surface area (Å²) in [7, 11) is 0. The summed E-state index contributed by atoms with van der Waals surface area (Å²) in [5.41, 5.74) is 0.0398. The Morgan fingerprint density at radius 3 is 3.05 bits per heavy atom. The van der Waals surface area contributed by atoms with Crippen LogP contribution in [0.2, 0.25) is 0 Å². The Hall–Kier alpha value is -0.980. The van der Waals surface area contributed by atoms with Crippen LogP contribution < -0.4 is 5.32 Å². The van der Waals surface area contributed by atoms with Crippen molar-refractivity contribution in [3.63, 3.8) is 0 Å². The van der Waals surface area contributed by atoms with Crippen molar-refractivity contribution >= 4 is 0 Å². The highest BCUT2D eigenvalue weighted by atomic mass is 16.6. The van der Waals surface area contributed by atoms with E-state index < -0.39 is 0 Å². The van der Waals surface area contributed by atoms with E-state index in [0.29, 0.717) is 19.1 Å². The molecule has 3 heterocycles. The smallest absolute Gasteiger partial charge is 0.252 e. The normalized spacial score (nSPS) is 25.4. The molecule has 2 aliphatic rings. The van der Waals surface area contributed by atoms with Gasteiger partial charge in [0.15, 0.2) is 5.82 Å².